The third-order valence-electron chi connectivity index (χ3n) is 3.51. The summed E-state index contributed by atoms with van der Waals surface area (Å²) in [6.07, 6.45) is 0. The van der Waals surface area contributed by atoms with E-state index >= 15 is 0 Å². The van der Waals surface area contributed by atoms with E-state index in [1.165, 1.54) is 0 Å². The van der Waals surface area contributed by atoms with Crippen LogP contribution in [0.3, 0.4) is 0 Å². The van der Waals surface area contributed by atoms with Gasteiger partial charge in [0.15, 0.2) is 0 Å². The number of nitrogens with one attached hydrogen (secondary N) is 3. The highest BCUT2D eigenvalue weighted by atomic mass is 35.5. The van der Waals surface area contributed by atoms with Crippen molar-refractivity contribution in [3.05, 3.63) is 29.8 Å². The number of carbonyl (C=O) groups is 2. The summed E-state index contributed by atoms with van der Waals surface area (Å²) in [6, 6.07) is 6.32. The molecule has 1 aromatic carbocycles. The maximum Gasteiger partial charge on any atom is 0.251 e. The average Bonchev–Trinajstić information content (AvgIpc) is 2.57. The van der Waals surface area contributed by atoms with Crippen LogP contribution in [0, 0.1) is 5.92 Å². The molecule has 0 saturated carbocycles. The fraction of sp³-hybridized carbons (Fsp3) is 0.556. The van der Waals surface area contributed by atoms with Gasteiger partial charge in [0.25, 0.3) is 5.91 Å². The smallest absolute Gasteiger partial charge is 0.251 e. The Kier molecular flexibility index (Phi) is 11.7. The van der Waals surface area contributed by atoms with Crippen molar-refractivity contribution in [2.24, 2.45) is 5.92 Å². The van der Waals surface area contributed by atoms with E-state index < -0.39 is 6.04 Å². The Morgan fingerprint density at radius 1 is 1.08 bits per heavy atom. The standard InChI is InChI=1S/C18H29N3O3.ClH/c1-5-19-11-12-20-18(23)16(13(3)4)21-17(22)14-7-9-15(10-8-14)24-6-2;/h7-10,13,16,19H,5-6,11-12H2,1-4H3,(H,20,23)(H,21,22);1H. The number of amides is 2. The van der Waals surface area contributed by atoms with Gasteiger partial charge in [-0.15, -0.1) is 12.4 Å². The molecule has 0 radical (unpaired) electrons. The normalized spacial score (nSPS) is 11.4. The van der Waals surface area contributed by atoms with Crippen LogP contribution in [0.2, 0.25) is 0 Å². The minimum atomic E-state index is -0.564. The Hall–Kier alpha value is -1.79. The monoisotopic (exact) mass is 371 g/mol. The maximum atomic E-state index is 12.4. The molecule has 0 aliphatic heterocycles. The number of ether oxygens (including phenoxy) is 1. The highest BCUT2D eigenvalue weighted by Gasteiger charge is 2.24. The first-order valence-electron chi connectivity index (χ1n) is 8.51. The molecule has 0 spiro atoms. The third-order valence-corrected chi connectivity index (χ3v) is 3.51. The maximum absolute atomic E-state index is 12.4. The van der Waals surface area contributed by atoms with E-state index in [2.05, 4.69) is 16.0 Å². The molecular weight excluding hydrogens is 342 g/mol. The number of hydrogen-bond donors (Lipinski definition) is 3. The second-order valence-corrected chi connectivity index (χ2v) is 5.80. The molecule has 142 valence electrons. The van der Waals surface area contributed by atoms with Gasteiger partial charge < -0.3 is 20.7 Å². The van der Waals surface area contributed by atoms with Crippen molar-refractivity contribution < 1.29 is 14.3 Å². The minimum absolute atomic E-state index is 0. The Bertz CT molecular complexity index is 521. The number of rotatable bonds is 10. The van der Waals surface area contributed by atoms with E-state index in [1.807, 2.05) is 27.7 Å². The zero-order chi connectivity index (χ0) is 17.9. The minimum Gasteiger partial charge on any atom is -0.494 e. The first kappa shape index (κ1) is 23.2. The van der Waals surface area contributed by atoms with Gasteiger partial charge in [0.05, 0.1) is 6.61 Å². The van der Waals surface area contributed by atoms with Crippen LogP contribution in [-0.2, 0) is 4.79 Å². The molecule has 0 heterocycles. The molecule has 1 atom stereocenters. The molecular formula is C18H30ClN3O3. The summed E-state index contributed by atoms with van der Waals surface area (Å²) in [5, 5.41) is 8.80. The number of likely N-dealkylation sites (N-methyl/N-ethyl adjacent to an activating group) is 1. The lowest BCUT2D eigenvalue weighted by atomic mass is 10.0. The molecule has 0 aliphatic rings. The first-order chi connectivity index (χ1) is 11.5. The van der Waals surface area contributed by atoms with Crippen LogP contribution >= 0.6 is 12.4 Å². The third kappa shape index (κ3) is 8.23. The molecule has 6 nitrogen and oxygen atoms in total. The summed E-state index contributed by atoms with van der Waals surface area (Å²) in [5.74, 6) is 0.284. The number of carbonyl (C=O) groups excluding carboxylic acids is 2. The second-order valence-electron chi connectivity index (χ2n) is 5.80. The molecule has 0 saturated heterocycles. The van der Waals surface area contributed by atoms with Crippen LogP contribution in [0.25, 0.3) is 0 Å². The van der Waals surface area contributed by atoms with E-state index in [0.29, 0.717) is 25.3 Å². The largest absolute Gasteiger partial charge is 0.494 e. The molecule has 0 aliphatic carbocycles. The van der Waals surface area contributed by atoms with E-state index in [0.717, 1.165) is 12.3 Å². The summed E-state index contributed by atoms with van der Waals surface area (Å²) >= 11 is 0. The quantitative estimate of drug-likeness (QED) is 0.549. The Balaban J connectivity index is 0.00000576. The molecule has 1 aromatic rings. The molecule has 0 aromatic heterocycles. The van der Waals surface area contributed by atoms with Crippen molar-refractivity contribution in [3.8, 4) is 5.75 Å². The number of benzene rings is 1. The zero-order valence-corrected chi connectivity index (χ0v) is 16.2. The molecule has 0 bridgehead atoms. The summed E-state index contributed by atoms with van der Waals surface area (Å²) in [7, 11) is 0. The summed E-state index contributed by atoms with van der Waals surface area (Å²) in [6.45, 7) is 10.4. The first-order valence-corrected chi connectivity index (χ1v) is 8.51. The van der Waals surface area contributed by atoms with E-state index in [1.54, 1.807) is 24.3 Å². The predicted molar refractivity (Wildman–Crippen MR) is 103 cm³/mol. The molecule has 1 unspecified atom stereocenters. The molecule has 3 N–H and O–H groups in total. The Morgan fingerprint density at radius 2 is 1.72 bits per heavy atom. The van der Waals surface area contributed by atoms with E-state index in [4.69, 9.17) is 4.74 Å². The van der Waals surface area contributed by atoms with Crippen LogP contribution in [0.4, 0.5) is 0 Å². The lowest BCUT2D eigenvalue weighted by Gasteiger charge is -2.22. The van der Waals surface area contributed by atoms with Crippen molar-refractivity contribution in [2.75, 3.05) is 26.2 Å². The molecule has 7 heteroatoms. The van der Waals surface area contributed by atoms with Gasteiger partial charge in [-0.1, -0.05) is 20.8 Å². The van der Waals surface area contributed by atoms with Gasteiger partial charge in [0.1, 0.15) is 11.8 Å². The lowest BCUT2D eigenvalue weighted by molar-refractivity contribution is -0.123. The molecule has 2 amide bonds. The molecule has 25 heavy (non-hydrogen) atoms. The van der Waals surface area contributed by atoms with Crippen LogP contribution in [-0.4, -0.2) is 44.1 Å². The van der Waals surface area contributed by atoms with Crippen molar-refractivity contribution >= 4 is 24.2 Å². The van der Waals surface area contributed by atoms with Gasteiger partial charge in [0.2, 0.25) is 5.91 Å². The number of hydrogen-bond acceptors (Lipinski definition) is 4. The van der Waals surface area contributed by atoms with Gasteiger partial charge in [-0.25, -0.2) is 0 Å². The SMILES string of the molecule is CCNCCNC(=O)C(NC(=O)c1ccc(OCC)cc1)C(C)C.Cl. The molecule has 1 rings (SSSR count). The Morgan fingerprint density at radius 3 is 2.24 bits per heavy atom. The van der Waals surface area contributed by atoms with Gasteiger partial charge >= 0.3 is 0 Å². The topological polar surface area (TPSA) is 79.5 Å². The van der Waals surface area contributed by atoms with Crippen molar-refractivity contribution in [1.29, 1.82) is 0 Å². The van der Waals surface area contributed by atoms with Crippen molar-refractivity contribution in [2.45, 2.75) is 33.7 Å². The van der Waals surface area contributed by atoms with Crippen LogP contribution in [0.15, 0.2) is 24.3 Å². The Labute approximate surface area is 156 Å². The fourth-order valence-corrected chi connectivity index (χ4v) is 2.19. The highest BCUT2D eigenvalue weighted by Crippen LogP contribution is 2.12. The van der Waals surface area contributed by atoms with Gasteiger partial charge in [-0.3, -0.25) is 9.59 Å². The van der Waals surface area contributed by atoms with Crippen LogP contribution < -0.4 is 20.7 Å². The van der Waals surface area contributed by atoms with Crippen LogP contribution in [0.5, 0.6) is 5.75 Å². The van der Waals surface area contributed by atoms with E-state index in [9.17, 15) is 9.59 Å². The zero-order valence-electron chi connectivity index (χ0n) is 15.4. The lowest BCUT2D eigenvalue weighted by Crippen LogP contribution is -2.50. The summed E-state index contributed by atoms with van der Waals surface area (Å²) in [5.41, 5.74) is 0.504. The average molecular weight is 372 g/mol. The molecule has 0 fully saturated rings. The summed E-state index contributed by atoms with van der Waals surface area (Å²) < 4.78 is 5.36. The second kappa shape index (κ2) is 12.6. The van der Waals surface area contributed by atoms with Gasteiger partial charge in [0, 0.05) is 18.7 Å². The van der Waals surface area contributed by atoms with Gasteiger partial charge in [-0.2, -0.15) is 0 Å². The highest BCUT2D eigenvalue weighted by molar-refractivity contribution is 5.97. The number of halogens is 1. The summed E-state index contributed by atoms with van der Waals surface area (Å²) in [4.78, 5) is 24.6. The predicted octanol–water partition coefficient (Wildman–Crippen LogP) is 1.99. The fourth-order valence-electron chi connectivity index (χ4n) is 2.19. The van der Waals surface area contributed by atoms with Gasteiger partial charge in [-0.05, 0) is 43.7 Å². The van der Waals surface area contributed by atoms with E-state index in [-0.39, 0.29) is 30.1 Å². The van der Waals surface area contributed by atoms with Crippen LogP contribution in [0.1, 0.15) is 38.1 Å². The van der Waals surface area contributed by atoms with Crippen molar-refractivity contribution in [3.63, 3.8) is 0 Å². The van der Waals surface area contributed by atoms with Crippen molar-refractivity contribution in [1.82, 2.24) is 16.0 Å².